The molecule has 0 aromatic carbocycles. The molecule has 1 atom stereocenters. The predicted octanol–water partition coefficient (Wildman–Crippen LogP) is 3.19. The van der Waals surface area contributed by atoms with Crippen LogP contribution in [0.3, 0.4) is 0 Å². The Morgan fingerprint density at radius 3 is 1.81 bits per heavy atom. The Bertz CT molecular complexity index is 285. The third kappa shape index (κ3) is 12.2. The normalized spacial score (nSPS) is 11.6. The fraction of sp³-hybridized carbons (Fsp3) is 0.875. The van der Waals surface area contributed by atoms with Crippen molar-refractivity contribution in [2.24, 2.45) is 0 Å². The summed E-state index contributed by atoms with van der Waals surface area (Å²) < 4.78 is 0. The zero-order valence-electron chi connectivity index (χ0n) is 13.4. The van der Waals surface area contributed by atoms with Crippen molar-refractivity contribution >= 4 is 41.4 Å². The molecule has 0 aliphatic heterocycles. The molecule has 1 unspecified atom stereocenters. The van der Waals surface area contributed by atoms with E-state index in [1.807, 2.05) is 0 Å². The number of unbranched alkanes of at least 4 members (excludes halogenated alkanes) is 8. The molecule has 0 aliphatic carbocycles. The molecule has 0 aromatic rings. The zero-order valence-corrected chi connectivity index (χ0v) is 13.4. The number of carbonyl (C=O) groups excluding carboxylic acids is 1. The third-order valence-electron chi connectivity index (χ3n) is 3.83. The minimum absolute atomic E-state index is 0. The Kier molecular flexibility index (Phi) is 16.4. The third-order valence-corrected chi connectivity index (χ3v) is 3.83. The van der Waals surface area contributed by atoms with Crippen LogP contribution in [0, 0.1) is 0 Å². The van der Waals surface area contributed by atoms with E-state index in [-0.39, 0.29) is 35.5 Å². The Hall–Kier alpha value is -0.0600. The van der Waals surface area contributed by atoms with Crippen LogP contribution in [0.5, 0.6) is 0 Å². The summed E-state index contributed by atoms with van der Waals surface area (Å²) in [6.07, 6.45) is 11.4. The quantitative estimate of drug-likeness (QED) is 0.445. The molecule has 120 valence electrons. The first-order valence-corrected chi connectivity index (χ1v) is 7.99. The first-order valence-electron chi connectivity index (χ1n) is 7.99. The Morgan fingerprint density at radius 1 is 0.952 bits per heavy atom. The van der Waals surface area contributed by atoms with E-state index >= 15 is 0 Å². The van der Waals surface area contributed by atoms with Crippen molar-refractivity contribution in [1.82, 2.24) is 4.90 Å². The SMILES string of the molecule is CCCCCCCCCCCC(=O)N(C)C(C)C(=O)O.[NaH]. The molecule has 0 rings (SSSR count). The summed E-state index contributed by atoms with van der Waals surface area (Å²) in [5.41, 5.74) is 0. The number of rotatable bonds is 12. The molecule has 1 N–H and O–H groups in total. The topological polar surface area (TPSA) is 57.6 Å². The molecule has 1 amide bonds. The Balaban J connectivity index is 0. The van der Waals surface area contributed by atoms with Gasteiger partial charge in [-0.05, 0) is 13.3 Å². The second-order valence-corrected chi connectivity index (χ2v) is 5.60. The van der Waals surface area contributed by atoms with Crippen LogP contribution in [0.4, 0.5) is 0 Å². The molecule has 0 aliphatic rings. The van der Waals surface area contributed by atoms with E-state index < -0.39 is 12.0 Å². The zero-order chi connectivity index (χ0) is 15.4. The van der Waals surface area contributed by atoms with Gasteiger partial charge in [-0.15, -0.1) is 0 Å². The van der Waals surface area contributed by atoms with Crippen molar-refractivity contribution < 1.29 is 14.7 Å². The van der Waals surface area contributed by atoms with Gasteiger partial charge >= 0.3 is 35.5 Å². The summed E-state index contributed by atoms with van der Waals surface area (Å²) in [6.45, 7) is 3.76. The molecule has 0 bridgehead atoms. The molecular weight excluding hydrogens is 277 g/mol. The number of hydrogen-bond acceptors (Lipinski definition) is 2. The van der Waals surface area contributed by atoms with Crippen molar-refractivity contribution in [1.29, 1.82) is 0 Å². The number of aliphatic carboxylic acids is 1. The van der Waals surface area contributed by atoms with Crippen molar-refractivity contribution in [3.63, 3.8) is 0 Å². The van der Waals surface area contributed by atoms with Gasteiger partial charge < -0.3 is 10.0 Å². The first kappa shape index (κ1) is 23.2. The average Bonchev–Trinajstić information content (AvgIpc) is 2.43. The van der Waals surface area contributed by atoms with Crippen LogP contribution in [-0.4, -0.2) is 64.5 Å². The van der Waals surface area contributed by atoms with Gasteiger partial charge in [-0.2, -0.15) is 0 Å². The summed E-state index contributed by atoms with van der Waals surface area (Å²) in [5, 5.41) is 8.84. The Labute approximate surface area is 152 Å². The van der Waals surface area contributed by atoms with E-state index in [4.69, 9.17) is 5.11 Å². The van der Waals surface area contributed by atoms with E-state index in [9.17, 15) is 9.59 Å². The molecule has 0 radical (unpaired) electrons. The van der Waals surface area contributed by atoms with E-state index in [0.29, 0.717) is 6.42 Å². The monoisotopic (exact) mass is 309 g/mol. The Morgan fingerprint density at radius 2 is 1.38 bits per heavy atom. The minimum atomic E-state index is -0.951. The van der Waals surface area contributed by atoms with Crippen LogP contribution in [-0.2, 0) is 9.59 Å². The van der Waals surface area contributed by atoms with Gasteiger partial charge in [-0.1, -0.05) is 58.3 Å². The molecule has 5 heteroatoms. The predicted molar refractivity (Wildman–Crippen MR) is 88.9 cm³/mol. The maximum atomic E-state index is 11.8. The standard InChI is InChI=1S/C16H31NO3.Na.H/c1-4-5-6-7-8-9-10-11-12-13-15(18)17(3)14(2)16(19)20;;/h14H,4-13H2,1-3H3,(H,19,20);;. The maximum absolute atomic E-state index is 11.8. The summed E-state index contributed by atoms with van der Waals surface area (Å²) in [6, 6.07) is -0.735. The van der Waals surface area contributed by atoms with E-state index in [1.54, 1.807) is 7.05 Å². The fourth-order valence-electron chi connectivity index (χ4n) is 2.14. The summed E-state index contributed by atoms with van der Waals surface area (Å²) >= 11 is 0. The fourth-order valence-corrected chi connectivity index (χ4v) is 2.14. The van der Waals surface area contributed by atoms with Crippen LogP contribution in [0.1, 0.15) is 78.1 Å². The molecule has 21 heavy (non-hydrogen) atoms. The van der Waals surface area contributed by atoms with Crippen LogP contribution in [0.2, 0.25) is 0 Å². The van der Waals surface area contributed by atoms with Gasteiger partial charge in [-0.25, -0.2) is 4.79 Å². The molecular formula is C16H32NNaO3. The number of amides is 1. The number of nitrogens with zero attached hydrogens (tertiary/aromatic N) is 1. The van der Waals surface area contributed by atoms with Gasteiger partial charge in [0.25, 0.3) is 0 Å². The molecule has 0 saturated heterocycles. The number of likely N-dealkylation sites (N-methyl/N-ethyl adjacent to an activating group) is 1. The summed E-state index contributed by atoms with van der Waals surface area (Å²) in [4.78, 5) is 23.9. The second kappa shape index (κ2) is 14.9. The number of carboxylic acid groups (broad SMARTS) is 1. The number of hydrogen-bond donors (Lipinski definition) is 1. The van der Waals surface area contributed by atoms with Gasteiger partial charge in [0.15, 0.2) is 0 Å². The second-order valence-electron chi connectivity index (χ2n) is 5.60. The number of carbonyl (C=O) groups is 2. The van der Waals surface area contributed by atoms with Gasteiger partial charge in [0.2, 0.25) is 5.91 Å². The van der Waals surface area contributed by atoms with Crippen molar-refractivity contribution in [2.75, 3.05) is 7.05 Å². The molecule has 4 nitrogen and oxygen atoms in total. The van der Waals surface area contributed by atoms with Gasteiger partial charge in [0, 0.05) is 13.5 Å². The van der Waals surface area contributed by atoms with Crippen LogP contribution in [0.25, 0.3) is 0 Å². The van der Waals surface area contributed by atoms with E-state index in [1.165, 1.54) is 56.8 Å². The van der Waals surface area contributed by atoms with Crippen LogP contribution in [0.15, 0.2) is 0 Å². The molecule has 0 heterocycles. The molecule has 0 spiro atoms. The van der Waals surface area contributed by atoms with Gasteiger partial charge in [-0.3, -0.25) is 4.79 Å². The van der Waals surface area contributed by atoms with Crippen molar-refractivity contribution in [3.05, 3.63) is 0 Å². The van der Waals surface area contributed by atoms with Gasteiger partial charge in [0.05, 0.1) is 0 Å². The van der Waals surface area contributed by atoms with E-state index in [0.717, 1.165) is 12.8 Å². The van der Waals surface area contributed by atoms with Crippen molar-refractivity contribution in [2.45, 2.75) is 84.1 Å². The van der Waals surface area contributed by atoms with E-state index in [2.05, 4.69) is 6.92 Å². The van der Waals surface area contributed by atoms with Crippen LogP contribution < -0.4 is 0 Å². The van der Waals surface area contributed by atoms with Gasteiger partial charge in [0.1, 0.15) is 6.04 Å². The molecule has 0 saturated carbocycles. The molecule has 0 aromatic heterocycles. The van der Waals surface area contributed by atoms with Crippen LogP contribution >= 0.6 is 0 Å². The molecule has 0 fully saturated rings. The number of carboxylic acids is 1. The van der Waals surface area contributed by atoms with Crippen molar-refractivity contribution in [3.8, 4) is 0 Å². The summed E-state index contributed by atoms with van der Waals surface area (Å²) in [7, 11) is 1.56. The average molecular weight is 309 g/mol. The first-order chi connectivity index (χ1) is 9.50. The summed E-state index contributed by atoms with van der Waals surface area (Å²) in [5.74, 6) is -1.02.